The zero-order valence-corrected chi connectivity index (χ0v) is 16.7. The number of fused-ring (bicyclic) bond motifs is 1. The molecular formula is C22H28N4O2. The van der Waals surface area contributed by atoms with Gasteiger partial charge in [-0.25, -0.2) is 0 Å². The summed E-state index contributed by atoms with van der Waals surface area (Å²) in [4.78, 5) is 7.76. The number of benzene rings is 2. The van der Waals surface area contributed by atoms with E-state index in [1.54, 1.807) is 14.2 Å². The van der Waals surface area contributed by atoms with Crippen LogP contribution in [0, 0.1) is 6.92 Å². The topological polar surface area (TPSA) is 84.7 Å². The van der Waals surface area contributed by atoms with Crippen LogP contribution >= 0.6 is 0 Å². The van der Waals surface area contributed by atoms with E-state index >= 15 is 0 Å². The summed E-state index contributed by atoms with van der Waals surface area (Å²) in [5.74, 6) is 1.93. The van der Waals surface area contributed by atoms with Gasteiger partial charge in [0.1, 0.15) is 0 Å². The first-order valence-corrected chi connectivity index (χ1v) is 9.42. The van der Waals surface area contributed by atoms with Crippen LogP contribution in [0.4, 0.5) is 0 Å². The minimum Gasteiger partial charge on any atom is -0.493 e. The molecule has 3 aromatic rings. The van der Waals surface area contributed by atoms with Crippen molar-refractivity contribution in [3.05, 3.63) is 59.3 Å². The number of nitrogens with two attached hydrogens (primary N) is 1. The average molecular weight is 380 g/mol. The second-order valence-corrected chi connectivity index (χ2v) is 6.75. The molecule has 6 nitrogen and oxygen atoms in total. The molecule has 1 aromatic heterocycles. The van der Waals surface area contributed by atoms with Gasteiger partial charge >= 0.3 is 0 Å². The van der Waals surface area contributed by atoms with Gasteiger partial charge in [0.2, 0.25) is 0 Å². The molecule has 0 aliphatic carbocycles. The number of aromatic amines is 1. The van der Waals surface area contributed by atoms with E-state index in [0.717, 1.165) is 29.9 Å². The minimum absolute atomic E-state index is 0.469. The van der Waals surface area contributed by atoms with Gasteiger partial charge in [-0.05, 0) is 54.7 Å². The molecule has 6 heteroatoms. The molecule has 0 saturated carbocycles. The van der Waals surface area contributed by atoms with E-state index in [0.29, 0.717) is 19.0 Å². The number of rotatable bonds is 8. The smallest absolute Gasteiger partial charge is 0.188 e. The van der Waals surface area contributed by atoms with Crippen molar-refractivity contribution < 1.29 is 9.47 Å². The predicted octanol–water partition coefficient (Wildman–Crippen LogP) is 3.18. The van der Waals surface area contributed by atoms with Gasteiger partial charge in [0, 0.05) is 30.2 Å². The number of H-pyrrole nitrogens is 1. The Morgan fingerprint density at radius 1 is 1.07 bits per heavy atom. The molecule has 3 rings (SSSR count). The number of hydrogen-bond donors (Lipinski definition) is 3. The normalized spacial score (nSPS) is 11.6. The van der Waals surface area contributed by atoms with E-state index in [9.17, 15) is 0 Å². The van der Waals surface area contributed by atoms with Crippen LogP contribution < -0.4 is 20.5 Å². The first-order valence-electron chi connectivity index (χ1n) is 9.42. The van der Waals surface area contributed by atoms with E-state index in [1.165, 1.54) is 22.0 Å². The largest absolute Gasteiger partial charge is 0.493 e. The Balaban J connectivity index is 1.48. The zero-order chi connectivity index (χ0) is 19.9. The van der Waals surface area contributed by atoms with E-state index in [4.69, 9.17) is 15.2 Å². The van der Waals surface area contributed by atoms with Crippen LogP contribution in [0.25, 0.3) is 10.9 Å². The fourth-order valence-corrected chi connectivity index (χ4v) is 3.23. The van der Waals surface area contributed by atoms with Gasteiger partial charge in [-0.15, -0.1) is 0 Å². The highest BCUT2D eigenvalue weighted by Gasteiger charge is 2.05. The first-order chi connectivity index (χ1) is 13.6. The van der Waals surface area contributed by atoms with Gasteiger partial charge in [-0.3, -0.25) is 4.99 Å². The van der Waals surface area contributed by atoms with Crippen molar-refractivity contribution in [2.45, 2.75) is 19.8 Å². The molecule has 0 saturated heterocycles. The number of guanidine groups is 1. The maximum Gasteiger partial charge on any atom is 0.188 e. The number of aryl methyl sites for hydroxylation is 1. The summed E-state index contributed by atoms with van der Waals surface area (Å²) in [6.45, 7) is 3.45. The highest BCUT2D eigenvalue weighted by Crippen LogP contribution is 2.27. The van der Waals surface area contributed by atoms with Gasteiger partial charge in [-0.1, -0.05) is 18.2 Å². The molecule has 1 heterocycles. The van der Waals surface area contributed by atoms with Crippen LogP contribution in [0.3, 0.4) is 0 Å². The molecule has 0 aliphatic heterocycles. The molecule has 0 atom stereocenters. The molecule has 4 N–H and O–H groups in total. The molecule has 0 bridgehead atoms. The Labute approximate surface area is 165 Å². The fourth-order valence-electron chi connectivity index (χ4n) is 3.23. The zero-order valence-electron chi connectivity index (χ0n) is 16.7. The van der Waals surface area contributed by atoms with Crippen LogP contribution in [-0.4, -0.2) is 38.3 Å². The SMILES string of the molecule is COc1ccc(CCNC(N)=NCCc2c[nH]c3cc(C)ccc23)cc1OC. The molecule has 2 aromatic carbocycles. The van der Waals surface area contributed by atoms with Crippen molar-refractivity contribution in [3.63, 3.8) is 0 Å². The Morgan fingerprint density at radius 3 is 2.68 bits per heavy atom. The summed E-state index contributed by atoms with van der Waals surface area (Å²) in [5, 5.41) is 4.42. The van der Waals surface area contributed by atoms with Gasteiger partial charge in [0.15, 0.2) is 17.5 Å². The second kappa shape index (κ2) is 9.17. The van der Waals surface area contributed by atoms with E-state index in [1.807, 2.05) is 18.2 Å². The predicted molar refractivity (Wildman–Crippen MR) is 114 cm³/mol. The number of hydrogen-bond acceptors (Lipinski definition) is 3. The summed E-state index contributed by atoms with van der Waals surface area (Å²) < 4.78 is 10.6. The van der Waals surface area contributed by atoms with Crippen molar-refractivity contribution in [1.29, 1.82) is 0 Å². The van der Waals surface area contributed by atoms with Crippen LogP contribution in [0.5, 0.6) is 11.5 Å². The Bertz CT molecular complexity index is 962. The highest BCUT2D eigenvalue weighted by atomic mass is 16.5. The molecule has 0 unspecified atom stereocenters. The third kappa shape index (κ3) is 4.76. The third-order valence-electron chi connectivity index (χ3n) is 4.75. The van der Waals surface area contributed by atoms with Gasteiger partial charge in [0.05, 0.1) is 14.2 Å². The number of methoxy groups -OCH3 is 2. The van der Waals surface area contributed by atoms with E-state index < -0.39 is 0 Å². The van der Waals surface area contributed by atoms with E-state index in [-0.39, 0.29) is 0 Å². The first kappa shape index (κ1) is 19.6. The van der Waals surface area contributed by atoms with Crippen molar-refractivity contribution >= 4 is 16.9 Å². The Kier molecular flexibility index (Phi) is 6.42. The summed E-state index contributed by atoms with van der Waals surface area (Å²) in [7, 11) is 3.27. The number of aromatic nitrogens is 1. The number of ether oxygens (including phenoxy) is 2. The number of nitrogens with one attached hydrogen (secondary N) is 2. The molecule has 148 valence electrons. The lowest BCUT2D eigenvalue weighted by Gasteiger charge is -2.10. The Hall–Kier alpha value is -3.15. The molecule has 0 fully saturated rings. The standard InChI is InChI=1S/C22H28N4O2/c1-15-4-6-18-17(14-26-19(18)12-15)9-11-25-22(23)24-10-8-16-5-7-20(27-2)21(13-16)28-3/h4-7,12-14,26H,8-11H2,1-3H3,(H3,23,24,25). The van der Waals surface area contributed by atoms with Gasteiger partial charge < -0.3 is 25.5 Å². The van der Waals surface area contributed by atoms with Crippen molar-refractivity contribution in [2.75, 3.05) is 27.3 Å². The Morgan fingerprint density at radius 2 is 1.89 bits per heavy atom. The average Bonchev–Trinajstić information content (AvgIpc) is 3.09. The molecular weight excluding hydrogens is 352 g/mol. The molecule has 0 aliphatic rings. The number of nitrogens with zero attached hydrogens (tertiary/aromatic N) is 1. The van der Waals surface area contributed by atoms with Gasteiger partial charge in [-0.2, -0.15) is 0 Å². The summed E-state index contributed by atoms with van der Waals surface area (Å²) >= 11 is 0. The second-order valence-electron chi connectivity index (χ2n) is 6.75. The van der Waals surface area contributed by atoms with Crippen LogP contribution in [0.1, 0.15) is 16.7 Å². The van der Waals surface area contributed by atoms with Crippen LogP contribution in [0.2, 0.25) is 0 Å². The fraction of sp³-hybridized carbons (Fsp3) is 0.318. The highest BCUT2D eigenvalue weighted by molar-refractivity contribution is 5.84. The molecule has 0 spiro atoms. The lowest BCUT2D eigenvalue weighted by Crippen LogP contribution is -2.33. The molecule has 28 heavy (non-hydrogen) atoms. The summed E-state index contributed by atoms with van der Waals surface area (Å²) in [6, 6.07) is 12.4. The molecule has 0 radical (unpaired) electrons. The summed E-state index contributed by atoms with van der Waals surface area (Å²) in [6.07, 6.45) is 3.72. The maximum atomic E-state index is 6.00. The van der Waals surface area contributed by atoms with Crippen molar-refractivity contribution in [1.82, 2.24) is 10.3 Å². The molecule has 0 amide bonds. The third-order valence-corrected chi connectivity index (χ3v) is 4.75. The monoisotopic (exact) mass is 380 g/mol. The minimum atomic E-state index is 0.469. The van der Waals surface area contributed by atoms with Gasteiger partial charge in [0.25, 0.3) is 0 Å². The summed E-state index contributed by atoms with van der Waals surface area (Å²) in [5.41, 5.74) is 10.8. The van der Waals surface area contributed by atoms with Crippen molar-refractivity contribution in [2.24, 2.45) is 10.7 Å². The van der Waals surface area contributed by atoms with E-state index in [2.05, 4.69) is 46.6 Å². The lowest BCUT2D eigenvalue weighted by atomic mass is 10.1. The quantitative estimate of drug-likeness (QED) is 0.414. The number of aliphatic imine (C=N–C) groups is 1. The lowest BCUT2D eigenvalue weighted by molar-refractivity contribution is 0.354. The van der Waals surface area contributed by atoms with Crippen molar-refractivity contribution in [3.8, 4) is 11.5 Å². The maximum absolute atomic E-state index is 6.00. The van der Waals surface area contributed by atoms with Crippen LogP contribution in [-0.2, 0) is 12.8 Å². The van der Waals surface area contributed by atoms with Crippen LogP contribution in [0.15, 0.2) is 47.6 Å².